The molecule has 5 heterocycles. The summed E-state index contributed by atoms with van der Waals surface area (Å²) in [6, 6.07) is 9.86. The number of pyridine rings is 3. The van der Waals surface area contributed by atoms with Crippen LogP contribution in [0.3, 0.4) is 0 Å². The number of carbonyl (C=O) groups is 1. The van der Waals surface area contributed by atoms with Crippen molar-refractivity contribution in [1.82, 2.24) is 30.1 Å². The van der Waals surface area contributed by atoms with Gasteiger partial charge in [0.05, 0.1) is 17.6 Å². The van der Waals surface area contributed by atoms with Gasteiger partial charge in [0.25, 0.3) is 0 Å². The Morgan fingerprint density at radius 2 is 1.94 bits per heavy atom. The third kappa shape index (κ3) is 3.75. The highest BCUT2D eigenvalue weighted by atomic mass is 16.1. The standard InChI is InChI=1S/C23H21N7O/c1-13(2)6-20(31)27-17-7-15(10-24-12-17)16-8-18-21(29-30-23(18)26-11-16)19-9-14-4-3-5-25-22(14)28-19/h3-5,7-13H,6H2,1-2H3,(H,25,28)(H,27,31)(H,26,29,30). The summed E-state index contributed by atoms with van der Waals surface area (Å²) in [6.45, 7) is 4.03. The summed E-state index contributed by atoms with van der Waals surface area (Å²) in [5.41, 5.74) is 5.56. The number of aromatic amines is 2. The second-order valence-electron chi connectivity index (χ2n) is 7.93. The first-order valence-corrected chi connectivity index (χ1v) is 10.1. The zero-order valence-electron chi connectivity index (χ0n) is 17.2. The molecule has 0 atom stereocenters. The molecule has 8 nitrogen and oxygen atoms in total. The normalized spacial score (nSPS) is 11.5. The molecule has 0 aromatic carbocycles. The van der Waals surface area contributed by atoms with Gasteiger partial charge in [-0.25, -0.2) is 9.97 Å². The van der Waals surface area contributed by atoms with Crippen LogP contribution < -0.4 is 5.32 Å². The van der Waals surface area contributed by atoms with Crippen LogP contribution in [0.15, 0.2) is 55.1 Å². The maximum atomic E-state index is 12.1. The third-order valence-electron chi connectivity index (χ3n) is 5.01. The SMILES string of the molecule is CC(C)CC(=O)Nc1cncc(-c2cnc3[nH]nc(-c4cc5cccnc5[nH]4)c3c2)c1. The first kappa shape index (κ1) is 18.9. The maximum Gasteiger partial charge on any atom is 0.224 e. The minimum Gasteiger partial charge on any atom is -0.338 e. The highest BCUT2D eigenvalue weighted by molar-refractivity contribution is 5.96. The molecule has 0 unspecified atom stereocenters. The van der Waals surface area contributed by atoms with Crippen LogP contribution in [-0.4, -0.2) is 36.0 Å². The van der Waals surface area contributed by atoms with Gasteiger partial charge in [-0.05, 0) is 36.2 Å². The number of fused-ring (bicyclic) bond motifs is 2. The van der Waals surface area contributed by atoms with Crippen molar-refractivity contribution >= 4 is 33.7 Å². The number of aromatic nitrogens is 6. The molecule has 0 fully saturated rings. The van der Waals surface area contributed by atoms with E-state index in [1.807, 2.05) is 44.2 Å². The van der Waals surface area contributed by atoms with Crippen molar-refractivity contribution in [2.24, 2.45) is 5.92 Å². The van der Waals surface area contributed by atoms with Gasteiger partial charge in [0.1, 0.15) is 11.3 Å². The van der Waals surface area contributed by atoms with E-state index in [1.165, 1.54) is 0 Å². The summed E-state index contributed by atoms with van der Waals surface area (Å²) >= 11 is 0. The molecule has 0 saturated carbocycles. The average Bonchev–Trinajstić information content (AvgIpc) is 3.36. The van der Waals surface area contributed by atoms with E-state index in [9.17, 15) is 4.79 Å². The van der Waals surface area contributed by atoms with Gasteiger partial charge in [-0.15, -0.1) is 0 Å². The lowest BCUT2D eigenvalue weighted by Crippen LogP contribution is -2.13. The highest BCUT2D eigenvalue weighted by Crippen LogP contribution is 2.30. The van der Waals surface area contributed by atoms with Gasteiger partial charge in [0, 0.05) is 46.9 Å². The highest BCUT2D eigenvalue weighted by Gasteiger charge is 2.14. The molecule has 5 aromatic rings. The van der Waals surface area contributed by atoms with Crippen molar-refractivity contribution < 1.29 is 4.79 Å². The quantitative estimate of drug-likeness (QED) is 0.393. The summed E-state index contributed by atoms with van der Waals surface area (Å²) in [5.74, 6) is 0.272. The topological polar surface area (TPSA) is 112 Å². The van der Waals surface area contributed by atoms with E-state index < -0.39 is 0 Å². The number of hydrogen-bond acceptors (Lipinski definition) is 5. The Kier molecular flexibility index (Phi) is 4.66. The average molecular weight is 411 g/mol. The Hall–Kier alpha value is -4.07. The molecule has 3 N–H and O–H groups in total. The Balaban J connectivity index is 1.51. The van der Waals surface area contributed by atoms with Crippen molar-refractivity contribution in [1.29, 1.82) is 0 Å². The zero-order chi connectivity index (χ0) is 21.4. The van der Waals surface area contributed by atoms with Gasteiger partial charge in [-0.3, -0.25) is 14.9 Å². The van der Waals surface area contributed by atoms with Crippen LogP contribution >= 0.6 is 0 Å². The molecule has 0 aliphatic heterocycles. The monoisotopic (exact) mass is 411 g/mol. The molecule has 5 rings (SSSR count). The molecule has 0 saturated heterocycles. The molecule has 0 radical (unpaired) electrons. The molecule has 0 bridgehead atoms. The van der Waals surface area contributed by atoms with E-state index in [4.69, 9.17) is 0 Å². The Labute approximate surface area is 178 Å². The lowest BCUT2D eigenvalue weighted by Gasteiger charge is -2.08. The minimum absolute atomic E-state index is 0.0212. The van der Waals surface area contributed by atoms with Crippen LogP contribution in [0.5, 0.6) is 0 Å². The van der Waals surface area contributed by atoms with Crippen LogP contribution in [0.1, 0.15) is 20.3 Å². The number of hydrogen-bond donors (Lipinski definition) is 3. The summed E-state index contributed by atoms with van der Waals surface area (Å²) in [4.78, 5) is 28.6. The van der Waals surface area contributed by atoms with Gasteiger partial charge < -0.3 is 10.3 Å². The van der Waals surface area contributed by atoms with Crippen LogP contribution in [0.2, 0.25) is 0 Å². The van der Waals surface area contributed by atoms with Crippen molar-refractivity contribution in [3.63, 3.8) is 0 Å². The van der Waals surface area contributed by atoms with E-state index in [-0.39, 0.29) is 5.91 Å². The predicted octanol–water partition coefficient (Wildman–Crippen LogP) is 4.55. The number of nitrogens with one attached hydrogen (secondary N) is 3. The molecule has 8 heteroatoms. The lowest BCUT2D eigenvalue weighted by molar-refractivity contribution is -0.116. The van der Waals surface area contributed by atoms with Gasteiger partial charge in [-0.1, -0.05) is 13.8 Å². The molecular weight excluding hydrogens is 390 g/mol. The molecular formula is C23H21N7O. The van der Waals surface area contributed by atoms with E-state index in [0.717, 1.165) is 38.9 Å². The number of nitrogens with zero attached hydrogens (tertiary/aromatic N) is 4. The summed E-state index contributed by atoms with van der Waals surface area (Å²) in [7, 11) is 0. The molecule has 0 aliphatic rings. The molecule has 1 amide bonds. The first-order chi connectivity index (χ1) is 15.1. The Morgan fingerprint density at radius 1 is 1.06 bits per heavy atom. The lowest BCUT2D eigenvalue weighted by atomic mass is 10.1. The summed E-state index contributed by atoms with van der Waals surface area (Å²) in [6.07, 6.45) is 7.40. The second-order valence-corrected chi connectivity index (χ2v) is 7.93. The Morgan fingerprint density at radius 3 is 2.77 bits per heavy atom. The number of rotatable bonds is 5. The number of amides is 1. The van der Waals surface area contributed by atoms with E-state index in [2.05, 4.69) is 35.5 Å². The van der Waals surface area contributed by atoms with Crippen LogP contribution in [0.4, 0.5) is 5.69 Å². The molecule has 0 aliphatic carbocycles. The van der Waals surface area contributed by atoms with Gasteiger partial charge in [-0.2, -0.15) is 5.10 Å². The Bertz CT molecular complexity index is 1370. The van der Waals surface area contributed by atoms with Gasteiger partial charge in [0.2, 0.25) is 5.91 Å². The van der Waals surface area contributed by atoms with Crippen molar-refractivity contribution in [2.45, 2.75) is 20.3 Å². The largest absolute Gasteiger partial charge is 0.338 e. The van der Waals surface area contributed by atoms with Crippen LogP contribution in [0.25, 0.3) is 44.6 Å². The molecule has 154 valence electrons. The number of H-pyrrole nitrogens is 2. The van der Waals surface area contributed by atoms with E-state index in [0.29, 0.717) is 23.7 Å². The summed E-state index contributed by atoms with van der Waals surface area (Å²) in [5, 5.41) is 12.3. The number of anilines is 1. The van der Waals surface area contributed by atoms with Gasteiger partial charge >= 0.3 is 0 Å². The second kappa shape index (κ2) is 7.64. The zero-order valence-corrected chi connectivity index (χ0v) is 17.2. The fourth-order valence-electron chi connectivity index (χ4n) is 3.60. The fraction of sp³-hybridized carbons (Fsp3) is 0.174. The first-order valence-electron chi connectivity index (χ1n) is 10.1. The van der Waals surface area contributed by atoms with Gasteiger partial charge in [0.15, 0.2) is 5.65 Å². The fourth-order valence-corrected chi connectivity index (χ4v) is 3.60. The smallest absolute Gasteiger partial charge is 0.224 e. The predicted molar refractivity (Wildman–Crippen MR) is 120 cm³/mol. The number of carbonyl (C=O) groups excluding carboxylic acids is 1. The van der Waals surface area contributed by atoms with Crippen molar-refractivity contribution in [3.8, 4) is 22.5 Å². The minimum atomic E-state index is -0.0212. The van der Waals surface area contributed by atoms with Crippen LogP contribution in [-0.2, 0) is 4.79 Å². The molecule has 31 heavy (non-hydrogen) atoms. The maximum absolute atomic E-state index is 12.1. The third-order valence-corrected chi connectivity index (χ3v) is 5.01. The summed E-state index contributed by atoms with van der Waals surface area (Å²) < 4.78 is 0. The van der Waals surface area contributed by atoms with Crippen LogP contribution in [0, 0.1) is 5.92 Å². The van der Waals surface area contributed by atoms with Crippen molar-refractivity contribution in [3.05, 3.63) is 55.1 Å². The molecule has 0 spiro atoms. The van der Waals surface area contributed by atoms with Crippen molar-refractivity contribution in [2.75, 3.05) is 5.32 Å². The van der Waals surface area contributed by atoms with E-state index in [1.54, 1.807) is 24.8 Å². The van der Waals surface area contributed by atoms with E-state index >= 15 is 0 Å². The molecule has 5 aromatic heterocycles.